The van der Waals surface area contributed by atoms with Gasteiger partial charge < -0.3 is 10.4 Å². The maximum atomic E-state index is 10.3. The quantitative estimate of drug-likeness (QED) is 0.876. The van der Waals surface area contributed by atoms with E-state index < -0.39 is 5.60 Å². The number of benzene rings is 1. The average molecular weight is 263 g/mol. The Balaban J connectivity index is 1.53. The van der Waals surface area contributed by atoms with E-state index in [2.05, 4.69) is 29.6 Å². The van der Waals surface area contributed by atoms with E-state index in [9.17, 15) is 5.11 Å². The molecule has 0 bridgehead atoms. The maximum Gasteiger partial charge on any atom is 0.0771 e. The predicted octanol–water partition coefficient (Wildman–Crippen LogP) is 2.77. The maximum absolute atomic E-state index is 10.3. The van der Waals surface area contributed by atoms with Gasteiger partial charge in [0.1, 0.15) is 0 Å². The van der Waals surface area contributed by atoms with Gasteiger partial charge in [0, 0.05) is 29.7 Å². The lowest BCUT2D eigenvalue weighted by molar-refractivity contribution is 0.0477. The standard InChI is InChI=1S/C15H21NOS/c17-15(7-3-4-8-15)11-16-9-12-10-18-14-6-2-1-5-13(12)14/h1-2,5-6,12,16-17H,3-4,7-11H2. The summed E-state index contributed by atoms with van der Waals surface area (Å²) in [6.45, 7) is 1.75. The molecule has 1 unspecified atom stereocenters. The van der Waals surface area contributed by atoms with E-state index in [4.69, 9.17) is 0 Å². The molecule has 1 saturated carbocycles. The number of thioether (sulfide) groups is 1. The normalized spacial score (nSPS) is 25.3. The van der Waals surface area contributed by atoms with Crippen LogP contribution in [0.2, 0.25) is 0 Å². The Labute approximate surface area is 113 Å². The molecule has 0 amide bonds. The first kappa shape index (κ1) is 12.5. The second-order valence-corrected chi connectivity index (χ2v) is 6.67. The third-order valence-electron chi connectivity index (χ3n) is 4.18. The van der Waals surface area contributed by atoms with Crippen LogP contribution in [0.4, 0.5) is 0 Å². The fourth-order valence-corrected chi connectivity index (χ4v) is 4.34. The number of fused-ring (bicyclic) bond motifs is 1. The van der Waals surface area contributed by atoms with Crippen LogP contribution in [0.1, 0.15) is 37.2 Å². The van der Waals surface area contributed by atoms with Crippen LogP contribution in [-0.2, 0) is 0 Å². The molecule has 0 saturated heterocycles. The monoisotopic (exact) mass is 263 g/mol. The van der Waals surface area contributed by atoms with Gasteiger partial charge in [-0.3, -0.25) is 0 Å². The van der Waals surface area contributed by atoms with Crippen molar-refractivity contribution in [3.63, 3.8) is 0 Å². The highest BCUT2D eigenvalue weighted by atomic mass is 32.2. The highest BCUT2D eigenvalue weighted by Crippen LogP contribution is 2.39. The largest absolute Gasteiger partial charge is 0.389 e. The third kappa shape index (κ3) is 2.58. The van der Waals surface area contributed by atoms with E-state index >= 15 is 0 Å². The van der Waals surface area contributed by atoms with Gasteiger partial charge in [0.25, 0.3) is 0 Å². The molecule has 1 heterocycles. The van der Waals surface area contributed by atoms with Gasteiger partial charge in [0.05, 0.1) is 5.60 Å². The van der Waals surface area contributed by atoms with Crippen molar-refractivity contribution in [2.75, 3.05) is 18.8 Å². The molecule has 1 aliphatic carbocycles. The smallest absolute Gasteiger partial charge is 0.0771 e. The summed E-state index contributed by atoms with van der Waals surface area (Å²) in [6.07, 6.45) is 4.30. The first-order valence-corrected chi connectivity index (χ1v) is 7.90. The second kappa shape index (κ2) is 5.24. The topological polar surface area (TPSA) is 32.3 Å². The van der Waals surface area contributed by atoms with Crippen molar-refractivity contribution in [2.45, 2.75) is 42.1 Å². The van der Waals surface area contributed by atoms with Gasteiger partial charge in [0.2, 0.25) is 0 Å². The van der Waals surface area contributed by atoms with Gasteiger partial charge >= 0.3 is 0 Å². The van der Waals surface area contributed by atoms with E-state index in [1.165, 1.54) is 29.1 Å². The van der Waals surface area contributed by atoms with Gasteiger partial charge in [-0.15, -0.1) is 11.8 Å². The number of hydrogen-bond acceptors (Lipinski definition) is 3. The molecule has 1 atom stereocenters. The number of aliphatic hydroxyl groups is 1. The molecule has 0 aromatic heterocycles. The number of rotatable bonds is 4. The lowest BCUT2D eigenvalue weighted by Crippen LogP contribution is -2.39. The molecule has 18 heavy (non-hydrogen) atoms. The molecule has 0 spiro atoms. The summed E-state index contributed by atoms with van der Waals surface area (Å²) < 4.78 is 0. The minimum atomic E-state index is -0.425. The summed E-state index contributed by atoms with van der Waals surface area (Å²) in [5.74, 6) is 1.78. The van der Waals surface area contributed by atoms with Crippen LogP contribution in [0.3, 0.4) is 0 Å². The molecule has 0 radical (unpaired) electrons. The second-order valence-electron chi connectivity index (χ2n) is 5.61. The zero-order valence-corrected chi connectivity index (χ0v) is 11.5. The Morgan fingerprint density at radius 1 is 1.28 bits per heavy atom. The highest BCUT2D eigenvalue weighted by Gasteiger charge is 2.31. The lowest BCUT2D eigenvalue weighted by atomic mass is 9.99. The summed E-state index contributed by atoms with van der Waals surface area (Å²) in [4.78, 5) is 1.43. The molecular weight excluding hydrogens is 242 g/mol. The van der Waals surface area contributed by atoms with Gasteiger partial charge in [-0.05, 0) is 24.5 Å². The Bertz CT molecular complexity index is 415. The molecule has 1 fully saturated rings. The predicted molar refractivity (Wildman–Crippen MR) is 76.2 cm³/mol. The molecule has 2 aliphatic rings. The average Bonchev–Trinajstić information content (AvgIpc) is 2.97. The molecule has 1 aromatic rings. The molecule has 2 N–H and O–H groups in total. The first-order valence-electron chi connectivity index (χ1n) is 6.92. The Morgan fingerprint density at radius 2 is 2.06 bits per heavy atom. The van der Waals surface area contributed by atoms with E-state index in [0.717, 1.165) is 25.9 Å². The van der Waals surface area contributed by atoms with Crippen LogP contribution in [0, 0.1) is 0 Å². The number of nitrogens with one attached hydrogen (secondary N) is 1. The Morgan fingerprint density at radius 3 is 2.89 bits per heavy atom. The van der Waals surface area contributed by atoms with Crippen molar-refractivity contribution in [3.05, 3.63) is 29.8 Å². The summed E-state index contributed by atoms with van der Waals surface area (Å²) >= 11 is 1.96. The molecule has 98 valence electrons. The molecule has 1 aromatic carbocycles. The highest BCUT2D eigenvalue weighted by molar-refractivity contribution is 7.99. The van der Waals surface area contributed by atoms with Gasteiger partial charge in [-0.2, -0.15) is 0 Å². The van der Waals surface area contributed by atoms with E-state index in [-0.39, 0.29) is 0 Å². The molecule has 2 nitrogen and oxygen atoms in total. The van der Waals surface area contributed by atoms with Crippen LogP contribution in [0.15, 0.2) is 29.2 Å². The third-order valence-corrected chi connectivity index (χ3v) is 5.43. The number of hydrogen-bond donors (Lipinski definition) is 2. The SMILES string of the molecule is OC1(CNCC2CSc3ccccc32)CCCC1. The molecule has 3 rings (SSSR count). The van der Waals surface area contributed by atoms with E-state index in [1.54, 1.807) is 0 Å². The fraction of sp³-hybridized carbons (Fsp3) is 0.600. The van der Waals surface area contributed by atoms with Crippen molar-refractivity contribution in [1.82, 2.24) is 5.32 Å². The van der Waals surface area contributed by atoms with Crippen molar-refractivity contribution < 1.29 is 5.11 Å². The van der Waals surface area contributed by atoms with E-state index in [0.29, 0.717) is 5.92 Å². The minimum absolute atomic E-state index is 0.425. The summed E-state index contributed by atoms with van der Waals surface area (Å²) in [7, 11) is 0. The van der Waals surface area contributed by atoms with Crippen molar-refractivity contribution in [1.29, 1.82) is 0 Å². The summed E-state index contributed by atoms with van der Waals surface area (Å²) in [5, 5.41) is 13.8. The van der Waals surface area contributed by atoms with Crippen molar-refractivity contribution in [2.24, 2.45) is 0 Å². The summed E-state index contributed by atoms with van der Waals surface area (Å²) in [6, 6.07) is 8.70. The first-order chi connectivity index (χ1) is 8.77. The molecular formula is C15H21NOS. The van der Waals surface area contributed by atoms with Crippen LogP contribution in [-0.4, -0.2) is 29.5 Å². The zero-order valence-electron chi connectivity index (χ0n) is 10.7. The van der Waals surface area contributed by atoms with Crippen LogP contribution < -0.4 is 5.32 Å². The van der Waals surface area contributed by atoms with Crippen molar-refractivity contribution in [3.8, 4) is 0 Å². The Hall–Kier alpha value is -0.510. The zero-order chi connectivity index (χ0) is 12.4. The van der Waals surface area contributed by atoms with Crippen LogP contribution in [0.25, 0.3) is 0 Å². The van der Waals surface area contributed by atoms with E-state index in [1.807, 2.05) is 11.8 Å². The Kier molecular flexibility index (Phi) is 3.64. The lowest BCUT2D eigenvalue weighted by Gasteiger charge is -2.23. The molecule has 3 heteroatoms. The van der Waals surface area contributed by atoms with Crippen molar-refractivity contribution >= 4 is 11.8 Å². The molecule has 1 aliphatic heterocycles. The van der Waals surface area contributed by atoms with Gasteiger partial charge in [0.15, 0.2) is 0 Å². The minimum Gasteiger partial charge on any atom is -0.389 e. The van der Waals surface area contributed by atoms with Gasteiger partial charge in [-0.25, -0.2) is 0 Å². The van der Waals surface area contributed by atoms with Gasteiger partial charge in [-0.1, -0.05) is 31.0 Å². The summed E-state index contributed by atoms with van der Waals surface area (Å²) in [5.41, 5.74) is 1.05. The van der Waals surface area contributed by atoms with Crippen LogP contribution >= 0.6 is 11.8 Å². The van der Waals surface area contributed by atoms with Crippen LogP contribution in [0.5, 0.6) is 0 Å². The fourth-order valence-electron chi connectivity index (χ4n) is 3.09.